The summed E-state index contributed by atoms with van der Waals surface area (Å²) in [6, 6.07) is 7.04. The number of hydrogen-bond donors (Lipinski definition) is 2. The molecule has 1 aromatic carbocycles. The Morgan fingerprint density at radius 1 is 1.38 bits per heavy atom. The lowest BCUT2D eigenvalue weighted by atomic mass is 9.62. The van der Waals surface area contributed by atoms with E-state index in [0.717, 1.165) is 17.6 Å². The molecule has 112 valence electrons. The monoisotopic (exact) mass is 286 g/mol. The summed E-state index contributed by atoms with van der Waals surface area (Å²) >= 11 is 0. The summed E-state index contributed by atoms with van der Waals surface area (Å²) in [7, 11) is 0. The van der Waals surface area contributed by atoms with Crippen LogP contribution in [0.25, 0.3) is 0 Å². The van der Waals surface area contributed by atoms with E-state index in [4.69, 9.17) is 0 Å². The van der Waals surface area contributed by atoms with Crippen LogP contribution in [0.2, 0.25) is 0 Å². The molecule has 0 unspecified atom stereocenters. The predicted octanol–water partition coefficient (Wildman–Crippen LogP) is 4.11. The van der Waals surface area contributed by atoms with Crippen LogP contribution in [0.1, 0.15) is 37.7 Å². The minimum absolute atomic E-state index is 0.0888. The first kappa shape index (κ1) is 15.4. The van der Waals surface area contributed by atoms with Crippen LogP contribution in [-0.2, 0) is 4.79 Å². The molecular weight excluding hydrogens is 264 g/mol. The van der Waals surface area contributed by atoms with Gasteiger partial charge in [0, 0.05) is 0 Å². The summed E-state index contributed by atoms with van der Waals surface area (Å²) in [4.78, 5) is 11.7. The minimum Gasteiger partial charge on any atom is -0.508 e. The molecule has 1 aromatic rings. The van der Waals surface area contributed by atoms with Gasteiger partial charge < -0.3 is 10.2 Å². The molecule has 0 amide bonds. The lowest BCUT2D eigenvalue weighted by Gasteiger charge is -2.41. The number of hydrogen-bond acceptors (Lipinski definition) is 2. The van der Waals surface area contributed by atoms with Gasteiger partial charge in [-0.1, -0.05) is 30.4 Å². The van der Waals surface area contributed by atoms with Gasteiger partial charge in [0.15, 0.2) is 0 Å². The summed E-state index contributed by atoms with van der Waals surface area (Å²) in [5.41, 5.74) is 1.26. The molecule has 1 aliphatic rings. The molecule has 1 fully saturated rings. The van der Waals surface area contributed by atoms with Crippen molar-refractivity contribution in [3.63, 3.8) is 0 Å². The third-order valence-electron chi connectivity index (χ3n) is 4.74. The fourth-order valence-electron chi connectivity index (χ4n) is 3.38. The summed E-state index contributed by atoms with van der Waals surface area (Å²) in [6.07, 6.45) is 3.49. The van der Waals surface area contributed by atoms with Crippen molar-refractivity contribution < 1.29 is 15.0 Å². The highest BCUT2D eigenvalue weighted by molar-refractivity contribution is 5.77. The molecular formula is C18H22O3. The van der Waals surface area contributed by atoms with Crippen LogP contribution in [0, 0.1) is 11.3 Å². The van der Waals surface area contributed by atoms with Crippen molar-refractivity contribution in [1.29, 1.82) is 0 Å². The lowest BCUT2D eigenvalue weighted by Crippen LogP contribution is -2.37. The van der Waals surface area contributed by atoms with E-state index in [1.807, 2.05) is 19.1 Å². The van der Waals surface area contributed by atoms with Crippen LogP contribution < -0.4 is 0 Å². The van der Waals surface area contributed by atoms with E-state index in [1.165, 1.54) is 0 Å². The Morgan fingerprint density at radius 3 is 2.48 bits per heavy atom. The lowest BCUT2D eigenvalue weighted by molar-refractivity contribution is -0.148. The van der Waals surface area contributed by atoms with Crippen LogP contribution in [0.15, 0.2) is 49.1 Å². The third kappa shape index (κ3) is 2.87. The zero-order chi connectivity index (χ0) is 15.6. The second-order valence-electron chi connectivity index (χ2n) is 6.06. The molecule has 3 heteroatoms. The second kappa shape index (κ2) is 5.76. The first-order valence-electron chi connectivity index (χ1n) is 7.21. The van der Waals surface area contributed by atoms with E-state index in [0.29, 0.717) is 12.8 Å². The highest BCUT2D eigenvalue weighted by atomic mass is 16.4. The molecule has 3 nitrogen and oxygen atoms in total. The van der Waals surface area contributed by atoms with Crippen LogP contribution in [0.5, 0.6) is 5.75 Å². The van der Waals surface area contributed by atoms with Crippen molar-refractivity contribution in [2.24, 2.45) is 11.3 Å². The Labute approximate surface area is 125 Å². The maximum atomic E-state index is 11.7. The molecule has 1 saturated carbocycles. The predicted molar refractivity (Wildman–Crippen MR) is 83.3 cm³/mol. The summed E-state index contributed by atoms with van der Waals surface area (Å²) in [5.74, 6) is -0.232. The smallest absolute Gasteiger partial charge is 0.313 e. The first-order chi connectivity index (χ1) is 9.89. The molecule has 0 heterocycles. The number of aliphatic carboxylic acids is 1. The van der Waals surface area contributed by atoms with Gasteiger partial charge in [0.25, 0.3) is 0 Å². The van der Waals surface area contributed by atoms with Gasteiger partial charge in [-0.05, 0) is 55.7 Å². The Morgan fingerprint density at radius 2 is 2.00 bits per heavy atom. The van der Waals surface area contributed by atoms with Crippen LogP contribution in [0.4, 0.5) is 0 Å². The Kier molecular flexibility index (Phi) is 4.21. The standard InChI is InChI=1S/C18H22O3/c1-4-18(17(20)21)10-9-15(12(2)3)16(11-18)13-5-7-14(19)8-6-13/h4-8,15-16,19H,1-2,9-11H2,3H3,(H,20,21)/t15-,16-,18-/m0/s1. The number of carboxylic acids is 1. The van der Waals surface area contributed by atoms with Crippen molar-refractivity contribution in [3.8, 4) is 5.75 Å². The van der Waals surface area contributed by atoms with Gasteiger partial charge in [0.1, 0.15) is 5.75 Å². The van der Waals surface area contributed by atoms with Crippen LogP contribution in [0.3, 0.4) is 0 Å². The van der Waals surface area contributed by atoms with Gasteiger partial charge in [0.05, 0.1) is 5.41 Å². The number of phenolic OH excluding ortho intramolecular Hbond substituents is 1. The minimum atomic E-state index is -0.867. The summed E-state index contributed by atoms with van der Waals surface area (Å²) in [5, 5.41) is 19.0. The zero-order valence-corrected chi connectivity index (χ0v) is 12.4. The highest BCUT2D eigenvalue weighted by Gasteiger charge is 2.44. The Bertz CT molecular complexity index is 558. The normalized spacial score (nSPS) is 28.8. The van der Waals surface area contributed by atoms with E-state index < -0.39 is 11.4 Å². The summed E-state index contributed by atoms with van der Waals surface area (Å²) in [6.45, 7) is 9.81. The van der Waals surface area contributed by atoms with E-state index in [1.54, 1.807) is 18.2 Å². The van der Waals surface area contributed by atoms with E-state index in [-0.39, 0.29) is 17.6 Å². The average Bonchev–Trinajstić information content (AvgIpc) is 2.47. The maximum Gasteiger partial charge on any atom is 0.313 e. The molecule has 0 radical (unpaired) electrons. The van der Waals surface area contributed by atoms with E-state index >= 15 is 0 Å². The molecule has 0 aliphatic heterocycles. The zero-order valence-electron chi connectivity index (χ0n) is 12.4. The number of allylic oxidation sites excluding steroid dienone is 1. The molecule has 3 atom stereocenters. The second-order valence-corrected chi connectivity index (χ2v) is 6.06. The van der Waals surface area contributed by atoms with Crippen molar-refractivity contribution in [3.05, 3.63) is 54.6 Å². The van der Waals surface area contributed by atoms with Gasteiger partial charge in [-0.3, -0.25) is 4.79 Å². The molecule has 0 aromatic heterocycles. The molecule has 0 bridgehead atoms. The SMILES string of the molecule is C=C[C@]1(C(=O)O)CC[C@@H](C(=C)C)[C@H](c2ccc(O)cc2)C1. The molecule has 0 saturated heterocycles. The van der Waals surface area contributed by atoms with Crippen molar-refractivity contribution in [2.75, 3.05) is 0 Å². The number of aromatic hydroxyl groups is 1. The average molecular weight is 286 g/mol. The summed E-state index contributed by atoms with van der Waals surface area (Å²) < 4.78 is 0. The van der Waals surface area contributed by atoms with Gasteiger partial charge >= 0.3 is 5.97 Å². The maximum absolute atomic E-state index is 11.7. The van der Waals surface area contributed by atoms with Crippen molar-refractivity contribution >= 4 is 5.97 Å². The van der Waals surface area contributed by atoms with Crippen LogP contribution >= 0.6 is 0 Å². The molecule has 2 N–H and O–H groups in total. The Hall–Kier alpha value is -2.03. The largest absolute Gasteiger partial charge is 0.508 e. The van der Waals surface area contributed by atoms with Gasteiger partial charge in [-0.2, -0.15) is 0 Å². The van der Waals surface area contributed by atoms with Gasteiger partial charge in [-0.15, -0.1) is 6.58 Å². The molecule has 21 heavy (non-hydrogen) atoms. The van der Waals surface area contributed by atoms with Crippen molar-refractivity contribution in [2.45, 2.75) is 32.1 Å². The number of benzene rings is 1. The molecule has 0 spiro atoms. The number of rotatable bonds is 4. The van der Waals surface area contributed by atoms with Crippen LogP contribution in [-0.4, -0.2) is 16.2 Å². The topological polar surface area (TPSA) is 57.5 Å². The Balaban J connectivity index is 2.40. The fraction of sp³-hybridized carbons (Fsp3) is 0.389. The van der Waals surface area contributed by atoms with E-state index in [9.17, 15) is 15.0 Å². The van der Waals surface area contributed by atoms with Gasteiger partial charge in [-0.25, -0.2) is 0 Å². The number of carboxylic acid groups (broad SMARTS) is 1. The van der Waals surface area contributed by atoms with Crippen molar-refractivity contribution in [1.82, 2.24) is 0 Å². The van der Waals surface area contributed by atoms with Gasteiger partial charge in [0.2, 0.25) is 0 Å². The van der Waals surface area contributed by atoms with E-state index in [2.05, 4.69) is 13.2 Å². The number of carbonyl (C=O) groups is 1. The molecule has 1 aliphatic carbocycles. The third-order valence-corrected chi connectivity index (χ3v) is 4.74. The first-order valence-corrected chi connectivity index (χ1v) is 7.21. The number of phenols is 1. The molecule has 2 rings (SSSR count). The quantitative estimate of drug-likeness (QED) is 0.819. The fourth-order valence-corrected chi connectivity index (χ4v) is 3.38. The highest BCUT2D eigenvalue weighted by Crippen LogP contribution is 2.50.